The van der Waals surface area contributed by atoms with Crippen LogP contribution in [0.25, 0.3) is 0 Å². The fourth-order valence-corrected chi connectivity index (χ4v) is 3.74. The molecular formula is C19H28N2O. The summed E-state index contributed by atoms with van der Waals surface area (Å²) in [5.41, 5.74) is 1.46. The number of piperidine rings is 1. The number of nitrogens with zero attached hydrogens (tertiary/aromatic N) is 2. The van der Waals surface area contributed by atoms with Gasteiger partial charge in [0.2, 0.25) is 5.91 Å². The molecule has 22 heavy (non-hydrogen) atoms. The monoisotopic (exact) mass is 300 g/mol. The topological polar surface area (TPSA) is 23.6 Å². The van der Waals surface area contributed by atoms with E-state index in [1.54, 1.807) is 0 Å². The van der Waals surface area contributed by atoms with Crippen LogP contribution in [0.4, 0.5) is 0 Å². The highest BCUT2D eigenvalue weighted by atomic mass is 16.2. The van der Waals surface area contributed by atoms with Crippen LogP contribution in [-0.2, 0) is 11.2 Å². The average molecular weight is 300 g/mol. The number of rotatable bonds is 5. The maximum Gasteiger partial charge on any atom is 0.223 e. The van der Waals surface area contributed by atoms with Crippen LogP contribution in [0.1, 0.15) is 37.7 Å². The lowest BCUT2D eigenvalue weighted by molar-refractivity contribution is -0.130. The van der Waals surface area contributed by atoms with Gasteiger partial charge in [-0.3, -0.25) is 4.79 Å². The molecule has 2 saturated heterocycles. The number of amides is 1. The summed E-state index contributed by atoms with van der Waals surface area (Å²) < 4.78 is 0. The molecule has 0 atom stereocenters. The fourth-order valence-electron chi connectivity index (χ4n) is 3.74. The zero-order chi connectivity index (χ0) is 15.2. The number of likely N-dealkylation sites (tertiary alicyclic amines) is 2. The summed E-state index contributed by atoms with van der Waals surface area (Å²) in [5.74, 6) is 1.18. The second kappa shape index (κ2) is 7.77. The molecule has 3 rings (SSSR count). The maximum absolute atomic E-state index is 12.1. The second-order valence-corrected chi connectivity index (χ2v) is 6.81. The highest BCUT2D eigenvalue weighted by molar-refractivity contribution is 5.76. The third kappa shape index (κ3) is 4.33. The fraction of sp³-hybridized carbons (Fsp3) is 0.632. The van der Waals surface area contributed by atoms with Gasteiger partial charge in [-0.2, -0.15) is 0 Å². The Balaban J connectivity index is 1.36. The van der Waals surface area contributed by atoms with Gasteiger partial charge in [-0.25, -0.2) is 0 Å². The number of hydrogen-bond donors (Lipinski definition) is 0. The van der Waals surface area contributed by atoms with E-state index in [0.29, 0.717) is 12.3 Å². The van der Waals surface area contributed by atoms with Crippen LogP contribution in [0.15, 0.2) is 30.3 Å². The molecule has 120 valence electrons. The van der Waals surface area contributed by atoms with E-state index in [0.717, 1.165) is 38.6 Å². The molecule has 0 saturated carbocycles. The summed E-state index contributed by atoms with van der Waals surface area (Å²) in [5, 5.41) is 0. The predicted molar refractivity (Wildman–Crippen MR) is 89.7 cm³/mol. The molecule has 0 radical (unpaired) electrons. The van der Waals surface area contributed by atoms with Crippen molar-refractivity contribution in [2.75, 3.05) is 32.7 Å². The molecular weight excluding hydrogens is 272 g/mol. The van der Waals surface area contributed by atoms with Crippen LogP contribution < -0.4 is 0 Å². The minimum absolute atomic E-state index is 0.365. The van der Waals surface area contributed by atoms with Crippen molar-refractivity contribution < 1.29 is 4.79 Å². The Morgan fingerprint density at radius 2 is 1.68 bits per heavy atom. The number of carbonyl (C=O) groups is 1. The number of hydrogen-bond acceptors (Lipinski definition) is 2. The van der Waals surface area contributed by atoms with E-state index in [1.807, 2.05) is 4.90 Å². The van der Waals surface area contributed by atoms with Crippen LogP contribution in [-0.4, -0.2) is 48.4 Å². The first-order chi connectivity index (χ1) is 10.8. The van der Waals surface area contributed by atoms with Gasteiger partial charge in [-0.05, 0) is 56.7 Å². The molecule has 2 fully saturated rings. The Hall–Kier alpha value is -1.35. The zero-order valence-electron chi connectivity index (χ0n) is 13.5. The first kappa shape index (κ1) is 15.5. The third-order valence-corrected chi connectivity index (χ3v) is 5.18. The Labute approximate surface area is 134 Å². The van der Waals surface area contributed by atoms with E-state index >= 15 is 0 Å². The Kier molecular flexibility index (Phi) is 5.49. The number of benzene rings is 1. The summed E-state index contributed by atoms with van der Waals surface area (Å²) in [4.78, 5) is 16.6. The number of carbonyl (C=O) groups excluding carboxylic acids is 1. The summed E-state index contributed by atoms with van der Waals surface area (Å²) in [6.07, 6.45) is 6.84. The van der Waals surface area contributed by atoms with Crippen molar-refractivity contribution in [2.45, 2.75) is 38.5 Å². The van der Waals surface area contributed by atoms with Crippen molar-refractivity contribution >= 4 is 5.91 Å². The molecule has 0 N–H and O–H groups in total. The highest BCUT2D eigenvalue weighted by Crippen LogP contribution is 2.22. The molecule has 0 aromatic heterocycles. The minimum Gasteiger partial charge on any atom is -0.343 e. The van der Waals surface area contributed by atoms with Crippen molar-refractivity contribution in [3.63, 3.8) is 0 Å². The van der Waals surface area contributed by atoms with Gasteiger partial charge in [0.15, 0.2) is 0 Å². The first-order valence-corrected chi connectivity index (χ1v) is 8.85. The van der Waals surface area contributed by atoms with Crippen LogP contribution >= 0.6 is 0 Å². The lowest BCUT2D eigenvalue weighted by Crippen LogP contribution is -2.37. The first-order valence-electron chi connectivity index (χ1n) is 8.85. The van der Waals surface area contributed by atoms with Gasteiger partial charge in [0.25, 0.3) is 0 Å². The van der Waals surface area contributed by atoms with Gasteiger partial charge in [-0.1, -0.05) is 30.3 Å². The molecule has 2 aliphatic heterocycles. The Morgan fingerprint density at radius 3 is 2.36 bits per heavy atom. The zero-order valence-corrected chi connectivity index (χ0v) is 13.5. The standard InChI is InChI=1S/C19H28N2O/c22-19(21-11-4-5-12-21)10-15-20-13-8-18(9-14-20)16-17-6-2-1-3-7-17/h1-3,6-7,18H,4-5,8-16H2. The van der Waals surface area contributed by atoms with Gasteiger partial charge in [0.05, 0.1) is 0 Å². The molecule has 2 heterocycles. The van der Waals surface area contributed by atoms with E-state index in [4.69, 9.17) is 0 Å². The van der Waals surface area contributed by atoms with Gasteiger partial charge < -0.3 is 9.80 Å². The lowest BCUT2D eigenvalue weighted by atomic mass is 9.90. The third-order valence-electron chi connectivity index (χ3n) is 5.18. The van der Waals surface area contributed by atoms with E-state index in [9.17, 15) is 4.79 Å². The molecule has 0 bridgehead atoms. The van der Waals surface area contributed by atoms with E-state index in [-0.39, 0.29) is 0 Å². The van der Waals surface area contributed by atoms with Crippen LogP contribution in [0, 0.1) is 5.92 Å². The molecule has 1 amide bonds. The maximum atomic E-state index is 12.1. The smallest absolute Gasteiger partial charge is 0.223 e. The molecule has 1 aromatic rings. The molecule has 2 aliphatic rings. The van der Waals surface area contributed by atoms with Gasteiger partial charge in [0, 0.05) is 26.1 Å². The molecule has 0 unspecified atom stereocenters. The van der Waals surface area contributed by atoms with Crippen molar-refractivity contribution in [3.8, 4) is 0 Å². The Morgan fingerprint density at radius 1 is 1.00 bits per heavy atom. The van der Waals surface area contributed by atoms with E-state index in [2.05, 4.69) is 35.2 Å². The minimum atomic E-state index is 0.365. The summed E-state index contributed by atoms with van der Waals surface area (Å²) in [6.45, 7) is 5.24. The largest absolute Gasteiger partial charge is 0.343 e. The molecule has 3 heteroatoms. The molecule has 1 aromatic carbocycles. The predicted octanol–water partition coefficient (Wildman–Crippen LogP) is 2.95. The van der Waals surface area contributed by atoms with Crippen molar-refractivity contribution in [2.24, 2.45) is 5.92 Å². The van der Waals surface area contributed by atoms with Gasteiger partial charge in [0.1, 0.15) is 0 Å². The Bertz CT molecular complexity index is 460. The van der Waals surface area contributed by atoms with Crippen molar-refractivity contribution in [1.82, 2.24) is 9.80 Å². The summed E-state index contributed by atoms with van der Waals surface area (Å²) in [7, 11) is 0. The summed E-state index contributed by atoms with van der Waals surface area (Å²) in [6, 6.07) is 10.8. The molecule has 3 nitrogen and oxygen atoms in total. The van der Waals surface area contributed by atoms with E-state index in [1.165, 1.54) is 37.7 Å². The van der Waals surface area contributed by atoms with Crippen LogP contribution in [0.5, 0.6) is 0 Å². The van der Waals surface area contributed by atoms with Crippen molar-refractivity contribution in [3.05, 3.63) is 35.9 Å². The summed E-state index contributed by atoms with van der Waals surface area (Å²) >= 11 is 0. The quantitative estimate of drug-likeness (QED) is 0.834. The molecule has 0 aliphatic carbocycles. The normalized spacial score (nSPS) is 20.5. The second-order valence-electron chi connectivity index (χ2n) is 6.81. The SMILES string of the molecule is O=C(CCN1CCC(Cc2ccccc2)CC1)N1CCCC1. The highest BCUT2D eigenvalue weighted by Gasteiger charge is 2.22. The van der Waals surface area contributed by atoms with Crippen molar-refractivity contribution in [1.29, 1.82) is 0 Å². The van der Waals surface area contributed by atoms with E-state index < -0.39 is 0 Å². The lowest BCUT2D eigenvalue weighted by Gasteiger charge is -2.32. The van der Waals surface area contributed by atoms with Crippen LogP contribution in [0.3, 0.4) is 0 Å². The van der Waals surface area contributed by atoms with Gasteiger partial charge in [-0.15, -0.1) is 0 Å². The average Bonchev–Trinajstić information content (AvgIpc) is 3.09. The van der Waals surface area contributed by atoms with Crippen LogP contribution in [0.2, 0.25) is 0 Å². The molecule has 0 spiro atoms. The van der Waals surface area contributed by atoms with Gasteiger partial charge >= 0.3 is 0 Å².